The molecule has 0 aliphatic carbocycles. The molecule has 2 fully saturated rings. The van der Waals surface area contributed by atoms with Gasteiger partial charge < -0.3 is 15.1 Å². The first-order valence-electron chi connectivity index (χ1n) is 11.8. The van der Waals surface area contributed by atoms with Crippen LogP contribution in [0.1, 0.15) is 57.7 Å². The Bertz CT molecular complexity index is 952. The zero-order valence-corrected chi connectivity index (χ0v) is 19.6. The fourth-order valence-corrected chi connectivity index (χ4v) is 4.95. The van der Waals surface area contributed by atoms with E-state index in [-0.39, 0.29) is 23.8 Å². The van der Waals surface area contributed by atoms with Gasteiger partial charge in [0, 0.05) is 49.6 Å². The summed E-state index contributed by atoms with van der Waals surface area (Å²) >= 11 is 0. The van der Waals surface area contributed by atoms with Crippen LogP contribution in [-0.4, -0.2) is 63.1 Å². The number of likely N-dealkylation sites (tertiary alicyclic amines) is 2. The molecule has 7 heteroatoms. The van der Waals surface area contributed by atoms with Crippen molar-refractivity contribution in [2.45, 2.75) is 65.1 Å². The number of nitrogens with one attached hydrogen (secondary N) is 1. The number of carbonyl (C=O) groups excluding carboxylic acids is 2. The van der Waals surface area contributed by atoms with E-state index in [1.807, 2.05) is 42.9 Å². The zero-order chi connectivity index (χ0) is 22.8. The lowest BCUT2D eigenvalue weighted by molar-refractivity contribution is -0.130. The molecule has 32 heavy (non-hydrogen) atoms. The monoisotopic (exact) mass is 437 g/mol. The van der Waals surface area contributed by atoms with Crippen molar-refractivity contribution in [2.75, 3.05) is 19.6 Å². The highest BCUT2D eigenvalue weighted by molar-refractivity contribution is 5.89. The van der Waals surface area contributed by atoms with Crippen LogP contribution in [0, 0.1) is 5.92 Å². The van der Waals surface area contributed by atoms with Gasteiger partial charge in [-0.05, 0) is 52.8 Å². The second kappa shape index (κ2) is 9.45. The first kappa shape index (κ1) is 22.5. The van der Waals surface area contributed by atoms with Crippen molar-refractivity contribution in [3.8, 4) is 5.69 Å². The highest BCUT2D eigenvalue weighted by atomic mass is 16.2. The third kappa shape index (κ3) is 4.58. The van der Waals surface area contributed by atoms with E-state index < -0.39 is 0 Å². The number of rotatable bonds is 7. The van der Waals surface area contributed by atoms with E-state index in [1.54, 1.807) is 4.90 Å². The van der Waals surface area contributed by atoms with Crippen molar-refractivity contribution in [3.63, 3.8) is 0 Å². The van der Waals surface area contributed by atoms with Crippen LogP contribution >= 0.6 is 0 Å². The lowest BCUT2D eigenvalue weighted by Gasteiger charge is -2.21. The minimum absolute atomic E-state index is 0.0462. The van der Waals surface area contributed by atoms with Crippen LogP contribution in [0.5, 0.6) is 0 Å². The summed E-state index contributed by atoms with van der Waals surface area (Å²) in [5.74, 6) is 0.115. The number of amides is 2. The molecule has 1 aromatic carbocycles. The largest absolute Gasteiger partial charge is 0.352 e. The molecule has 7 nitrogen and oxygen atoms in total. The number of para-hydroxylation sites is 1. The van der Waals surface area contributed by atoms with Crippen LogP contribution in [0.25, 0.3) is 5.69 Å². The molecule has 0 radical (unpaired) electrons. The Kier molecular flexibility index (Phi) is 6.65. The highest BCUT2D eigenvalue weighted by Gasteiger charge is 2.36. The maximum Gasteiger partial charge on any atom is 0.225 e. The van der Waals surface area contributed by atoms with Crippen LogP contribution in [-0.2, 0) is 16.1 Å². The Balaban J connectivity index is 1.52. The van der Waals surface area contributed by atoms with Crippen LogP contribution in [0.4, 0.5) is 0 Å². The third-order valence-corrected chi connectivity index (χ3v) is 6.83. The summed E-state index contributed by atoms with van der Waals surface area (Å²) in [6.45, 7) is 11.5. The molecule has 2 aromatic rings. The molecule has 0 saturated carbocycles. The zero-order valence-electron chi connectivity index (χ0n) is 19.6. The molecule has 0 unspecified atom stereocenters. The molecule has 2 aliphatic heterocycles. The average molecular weight is 438 g/mol. The molecule has 0 spiro atoms. The molecule has 4 rings (SSSR count). The van der Waals surface area contributed by atoms with Gasteiger partial charge in [0.25, 0.3) is 0 Å². The lowest BCUT2D eigenvalue weighted by Crippen LogP contribution is -2.35. The quantitative estimate of drug-likeness (QED) is 0.723. The van der Waals surface area contributed by atoms with Crippen molar-refractivity contribution >= 4 is 11.8 Å². The fourth-order valence-electron chi connectivity index (χ4n) is 4.95. The molecular formula is C25H35N5O2. The van der Waals surface area contributed by atoms with Crippen LogP contribution < -0.4 is 5.32 Å². The topological polar surface area (TPSA) is 70.5 Å². The minimum Gasteiger partial charge on any atom is -0.352 e. The molecule has 2 atom stereocenters. The van der Waals surface area contributed by atoms with E-state index in [4.69, 9.17) is 5.10 Å². The van der Waals surface area contributed by atoms with Gasteiger partial charge in [0.1, 0.15) is 0 Å². The van der Waals surface area contributed by atoms with Gasteiger partial charge in [-0.1, -0.05) is 18.2 Å². The van der Waals surface area contributed by atoms with E-state index in [0.29, 0.717) is 31.5 Å². The summed E-state index contributed by atoms with van der Waals surface area (Å²) in [4.78, 5) is 29.4. The number of carbonyl (C=O) groups is 2. The van der Waals surface area contributed by atoms with Gasteiger partial charge in [-0.3, -0.25) is 9.59 Å². The molecule has 172 valence electrons. The number of aromatic nitrogens is 2. The molecule has 2 saturated heterocycles. The molecule has 1 N–H and O–H groups in total. The Labute approximate surface area is 190 Å². The SMILES string of the molecule is CC(C)N1CC[C@@H](c2c(CNC(=O)[C@H]3CC(=O)N(C(C)C)C3)cnn2-c2ccccc2)C1. The smallest absolute Gasteiger partial charge is 0.225 e. The Morgan fingerprint density at radius 3 is 2.50 bits per heavy atom. The third-order valence-electron chi connectivity index (χ3n) is 6.83. The van der Waals surface area contributed by atoms with Crippen molar-refractivity contribution in [2.24, 2.45) is 5.92 Å². The second-order valence-corrected chi connectivity index (χ2v) is 9.64. The second-order valence-electron chi connectivity index (χ2n) is 9.64. The summed E-state index contributed by atoms with van der Waals surface area (Å²) in [5.41, 5.74) is 3.28. The van der Waals surface area contributed by atoms with E-state index in [9.17, 15) is 9.59 Å². The summed E-state index contributed by atoms with van der Waals surface area (Å²) in [7, 11) is 0. The standard InChI is InChI=1S/C25H35N5O2/c1-17(2)28-11-10-19(15-28)24-21(14-27-30(24)22-8-6-5-7-9-22)13-26-25(32)20-12-23(31)29(16-20)18(3)4/h5-9,14,17-20H,10-13,15-16H2,1-4H3,(H,26,32)/t19-,20+/m1/s1. The van der Waals surface area contributed by atoms with E-state index in [0.717, 1.165) is 30.8 Å². The summed E-state index contributed by atoms with van der Waals surface area (Å²) in [6.07, 6.45) is 3.27. The lowest BCUT2D eigenvalue weighted by atomic mass is 10.00. The molecular weight excluding hydrogens is 402 g/mol. The Morgan fingerprint density at radius 2 is 1.88 bits per heavy atom. The predicted octanol–water partition coefficient (Wildman–Crippen LogP) is 2.94. The molecule has 2 amide bonds. The Morgan fingerprint density at radius 1 is 1.12 bits per heavy atom. The predicted molar refractivity (Wildman–Crippen MR) is 124 cm³/mol. The molecule has 1 aromatic heterocycles. The first-order valence-corrected chi connectivity index (χ1v) is 11.8. The van der Waals surface area contributed by atoms with E-state index in [2.05, 4.69) is 36.2 Å². The molecule has 2 aliphatic rings. The molecule has 3 heterocycles. The molecule has 0 bridgehead atoms. The number of benzene rings is 1. The van der Waals surface area contributed by atoms with Crippen molar-refractivity contribution in [3.05, 3.63) is 47.8 Å². The van der Waals surface area contributed by atoms with Gasteiger partial charge in [-0.15, -0.1) is 0 Å². The number of nitrogens with zero attached hydrogens (tertiary/aromatic N) is 4. The van der Waals surface area contributed by atoms with Crippen LogP contribution in [0.3, 0.4) is 0 Å². The number of hydrogen-bond donors (Lipinski definition) is 1. The maximum atomic E-state index is 12.9. The van der Waals surface area contributed by atoms with Gasteiger partial charge in [-0.2, -0.15) is 5.10 Å². The van der Waals surface area contributed by atoms with Gasteiger partial charge in [0.2, 0.25) is 11.8 Å². The minimum atomic E-state index is -0.277. The average Bonchev–Trinajstić information content (AvgIpc) is 3.50. The summed E-state index contributed by atoms with van der Waals surface area (Å²) in [5, 5.41) is 7.81. The van der Waals surface area contributed by atoms with Crippen LogP contribution in [0.15, 0.2) is 36.5 Å². The summed E-state index contributed by atoms with van der Waals surface area (Å²) in [6, 6.07) is 10.8. The summed E-state index contributed by atoms with van der Waals surface area (Å²) < 4.78 is 2.04. The number of hydrogen-bond acceptors (Lipinski definition) is 4. The highest BCUT2D eigenvalue weighted by Crippen LogP contribution is 2.32. The normalized spacial score (nSPS) is 21.8. The van der Waals surface area contributed by atoms with E-state index >= 15 is 0 Å². The van der Waals surface area contributed by atoms with E-state index in [1.165, 1.54) is 5.69 Å². The van der Waals surface area contributed by atoms with Crippen molar-refractivity contribution in [1.82, 2.24) is 24.9 Å². The van der Waals surface area contributed by atoms with Crippen LogP contribution in [0.2, 0.25) is 0 Å². The first-order chi connectivity index (χ1) is 15.3. The fraction of sp³-hybridized carbons (Fsp3) is 0.560. The van der Waals surface area contributed by atoms with Gasteiger partial charge in [-0.25, -0.2) is 4.68 Å². The Hall–Kier alpha value is -2.67. The van der Waals surface area contributed by atoms with Crippen molar-refractivity contribution < 1.29 is 9.59 Å². The van der Waals surface area contributed by atoms with Crippen molar-refractivity contribution in [1.29, 1.82) is 0 Å². The van der Waals surface area contributed by atoms with Gasteiger partial charge in [0.15, 0.2) is 0 Å². The van der Waals surface area contributed by atoms with Gasteiger partial charge in [0.05, 0.1) is 23.5 Å². The van der Waals surface area contributed by atoms with Gasteiger partial charge >= 0.3 is 0 Å². The maximum absolute atomic E-state index is 12.9.